The van der Waals surface area contributed by atoms with E-state index in [-0.39, 0.29) is 23.9 Å². The van der Waals surface area contributed by atoms with E-state index < -0.39 is 10.0 Å². The van der Waals surface area contributed by atoms with E-state index in [1.54, 1.807) is 11.8 Å². The molecule has 1 fully saturated rings. The lowest BCUT2D eigenvalue weighted by Crippen LogP contribution is -2.48. The molecule has 0 aliphatic carbocycles. The third kappa shape index (κ3) is 5.10. The molecule has 0 spiro atoms. The highest BCUT2D eigenvalue weighted by Gasteiger charge is 2.39. The van der Waals surface area contributed by atoms with Crippen molar-refractivity contribution in [1.82, 2.24) is 9.62 Å². The predicted octanol–water partition coefficient (Wildman–Crippen LogP) is 3.75. The molecule has 2 aromatic carbocycles. The van der Waals surface area contributed by atoms with E-state index in [1.807, 2.05) is 12.1 Å². The molecular weight excluding hydrogens is 412 g/mol. The maximum Gasteiger partial charge on any atom is 0.410 e. The van der Waals surface area contributed by atoms with Gasteiger partial charge in [0.2, 0.25) is 10.0 Å². The van der Waals surface area contributed by atoms with Crippen molar-refractivity contribution in [3.05, 3.63) is 59.7 Å². The second-order valence-corrected chi connectivity index (χ2v) is 10.4. The lowest BCUT2D eigenvalue weighted by molar-refractivity contribution is 0.0948. The van der Waals surface area contributed by atoms with Crippen LogP contribution in [0.1, 0.15) is 37.3 Å². The van der Waals surface area contributed by atoms with Gasteiger partial charge < -0.3 is 9.64 Å². The number of benzene rings is 2. The first-order valence-corrected chi connectivity index (χ1v) is 12.7. The molecule has 2 atom stereocenters. The van der Waals surface area contributed by atoms with Crippen molar-refractivity contribution in [3.63, 3.8) is 0 Å². The molecule has 2 bridgehead atoms. The summed E-state index contributed by atoms with van der Waals surface area (Å²) >= 11 is 0. The van der Waals surface area contributed by atoms with Gasteiger partial charge in [-0.15, -0.1) is 0 Å². The molecule has 2 aliphatic heterocycles. The Morgan fingerprint density at radius 2 is 1.97 bits per heavy atom. The van der Waals surface area contributed by atoms with Crippen molar-refractivity contribution in [2.75, 3.05) is 18.9 Å². The molecule has 2 unspecified atom stereocenters. The van der Waals surface area contributed by atoms with E-state index in [1.165, 1.54) is 11.1 Å². The van der Waals surface area contributed by atoms with E-state index in [9.17, 15) is 13.2 Å². The molecule has 0 saturated carbocycles. The Morgan fingerprint density at radius 3 is 2.81 bits per heavy atom. The standard InChI is InChI=1S/C24H30N2O4S/c1-2-31(28,29)25-22-13-14-26-23(22)17-18-8-7-11-20(16-18)21-12-4-3-9-19(21)10-5-6-15-30-24(26)27/h3-4,7-9,11-12,16,22-23,25H,2,5-6,10,13-15,17H2,1H3. The van der Waals surface area contributed by atoms with Crippen LogP contribution in [0.4, 0.5) is 4.79 Å². The molecule has 2 heterocycles. The van der Waals surface area contributed by atoms with E-state index in [2.05, 4.69) is 41.1 Å². The van der Waals surface area contributed by atoms with E-state index in [0.29, 0.717) is 26.0 Å². The molecule has 1 amide bonds. The number of rotatable bonds is 3. The Hall–Kier alpha value is -2.38. The first-order valence-electron chi connectivity index (χ1n) is 11.1. The van der Waals surface area contributed by atoms with Crippen LogP contribution < -0.4 is 4.72 Å². The van der Waals surface area contributed by atoms with E-state index in [4.69, 9.17) is 4.74 Å². The number of carbonyl (C=O) groups is 1. The highest BCUT2D eigenvalue weighted by molar-refractivity contribution is 7.89. The molecule has 1 N–H and O–H groups in total. The second kappa shape index (κ2) is 9.40. The van der Waals surface area contributed by atoms with Gasteiger partial charge in [-0.05, 0) is 61.3 Å². The minimum absolute atomic E-state index is 0.0208. The highest BCUT2D eigenvalue weighted by Crippen LogP contribution is 2.29. The Labute approximate surface area is 184 Å². The molecule has 0 aromatic heterocycles. The normalized spacial score (nSPS) is 22.2. The number of nitrogens with one attached hydrogen (secondary N) is 1. The van der Waals surface area contributed by atoms with Gasteiger partial charge in [-0.25, -0.2) is 17.9 Å². The van der Waals surface area contributed by atoms with Crippen LogP contribution >= 0.6 is 0 Å². The van der Waals surface area contributed by atoms with Crippen LogP contribution in [0.2, 0.25) is 0 Å². The summed E-state index contributed by atoms with van der Waals surface area (Å²) < 4.78 is 32.8. The number of nitrogens with zero attached hydrogens (tertiary/aromatic N) is 1. The molecule has 6 nitrogen and oxygen atoms in total. The Kier molecular flexibility index (Phi) is 6.62. The molecule has 2 aromatic rings. The van der Waals surface area contributed by atoms with Crippen LogP contribution in [-0.4, -0.2) is 50.4 Å². The number of carbonyl (C=O) groups excluding carboxylic acids is 1. The fourth-order valence-corrected chi connectivity index (χ4v) is 5.47. The lowest BCUT2D eigenvalue weighted by Gasteiger charge is -2.28. The van der Waals surface area contributed by atoms with Crippen molar-refractivity contribution < 1.29 is 17.9 Å². The minimum atomic E-state index is -3.37. The Balaban J connectivity index is 1.70. The molecule has 0 radical (unpaired) electrons. The van der Waals surface area contributed by atoms with Gasteiger partial charge in [-0.2, -0.15) is 0 Å². The third-order valence-corrected chi connectivity index (χ3v) is 7.68. The highest BCUT2D eigenvalue weighted by atomic mass is 32.2. The van der Waals surface area contributed by atoms with Crippen molar-refractivity contribution in [2.45, 2.75) is 51.1 Å². The summed E-state index contributed by atoms with van der Waals surface area (Å²) in [6.45, 7) is 2.49. The SMILES string of the molecule is CCS(=O)(=O)NC1CCN2C(=O)OCCCCc3ccccc3-c3cccc(c3)CC12. The van der Waals surface area contributed by atoms with Crippen LogP contribution in [0.3, 0.4) is 0 Å². The van der Waals surface area contributed by atoms with Crippen LogP contribution in [0.15, 0.2) is 48.5 Å². The van der Waals surface area contributed by atoms with Gasteiger partial charge in [0, 0.05) is 12.6 Å². The van der Waals surface area contributed by atoms with Crippen molar-refractivity contribution in [2.24, 2.45) is 0 Å². The molecule has 2 aliphatic rings. The van der Waals surface area contributed by atoms with Gasteiger partial charge in [-0.1, -0.05) is 48.5 Å². The quantitative estimate of drug-likeness (QED) is 0.786. The fraction of sp³-hybridized carbons (Fsp3) is 0.458. The zero-order valence-electron chi connectivity index (χ0n) is 17.9. The topological polar surface area (TPSA) is 75.7 Å². The number of fused-ring (bicyclic) bond motifs is 5. The number of amides is 1. The summed E-state index contributed by atoms with van der Waals surface area (Å²) in [7, 11) is -3.37. The van der Waals surface area contributed by atoms with Crippen molar-refractivity contribution >= 4 is 16.1 Å². The van der Waals surface area contributed by atoms with Gasteiger partial charge in [0.05, 0.1) is 18.4 Å². The summed E-state index contributed by atoms with van der Waals surface area (Å²) in [5.41, 5.74) is 4.75. The summed E-state index contributed by atoms with van der Waals surface area (Å²) in [6, 6.07) is 16.2. The molecule has 166 valence electrons. The number of ether oxygens (including phenoxy) is 1. The van der Waals surface area contributed by atoms with Crippen LogP contribution in [0.5, 0.6) is 0 Å². The van der Waals surface area contributed by atoms with Crippen LogP contribution in [0, 0.1) is 0 Å². The van der Waals surface area contributed by atoms with Gasteiger partial charge in [0.1, 0.15) is 0 Å². The first kappa shape index (κ1) is 21.8. The summed E-state index contributed by atoms with van der Waals surface area (Å²) in [6.07, 6.45) is 3.47. The zero-order valence-corrected chi connectivity index (χ0v) is 18.7. The summed E-state index contributed by atoms with van der Waals surface area (Å²) in [5, 5.41) is 0. The third-order valence-electron chi connectivity index (χ3n) is 6.26. The average Bonchev–Trinajstić information content (AvgIpc) is 3.15. The van der Waals surface area contributed by atoms with Gasteiger partial charge in [-0.3, -0.25) is 0 Å². The smallest absolute Gasteiger partial charge is 0.410 e. The largest absolute Gasteiger partial charge is 0.449 e. The molecule has 4 rings (SSSR count). The van der Waals surface area contributed by atoms with Crippen LogP contribution in [0.25, 0.3) is 11.1 Å². The first-order chi connectivity index (χ1) is 15.0. The summed E-state index contributed by atoms with van der Waals surface area (Å²) in [5.74, 6) is 0.0208. The number of cyclic esters (lactones) is 1. The van der Waals surface area contributed by atoms with E-state index in [0.717, 1.165) is 30.4 Å². The Bertz CT molecular complexity index is 1040. The number of hydrogen-bond donors (Lipinski definition) is 1. The molecule has 7 heteroatoms. The predicted molar refractivity (Wildman–Crippen MR) is 121 cm³/mol. The fourth-order valence-electron chi connectivity index (χ4n) is 4.57. The maximum atomic E-state index is 12.8. The van der Waals surface area contributed by atoms with Crippen molar-refractivity contribution in [3.8, 4) is 11.1 Å². The summed E-state index contributed by atoms with van der Waals surface area (Å²) in [4.78, 5) is 14.5. The average molecular weight is 443 g/mol. The molecular formula is C24H30N2O4S. The number of aryl methyl sites for hydroxylation is 1. The van der Waals surface area contributed by atoms with Gasteiger partial charge in [0.15, 0.2) is 0 Å². The van der Waals surface area contributed by atoms with Crippen LogP contribution in [-0.2, 0) is 27.6 Å². The number of sulfonamides is 1. The molecule has 31 heavy (non-hydrogen) atoms. The second-order valence-electron chi connectivity index (χ2n) is 8.31. The number of hydrogen-bond acceptors (Lipinski definition) is 4. The maximum absolute atomic E-state index is 12.8. The minimum Gasteiger partial charge on any atom is -0.449 e. The van der Waals surface area contributed by atoms with Gasteiger partial charge >= 0.3 is 6.09 Å². The lowest BCUT2D eigenvalue weighted by atomic mass is 9.93. The Morgan fingerprint density at radius 1 is 1.13 bits per heavy atom. The van der Waals surface area contributed by atoms with Crippen molar-refractivity contribution in [1.29, 1.82) is 0 Å². The zero-order chi connectivity index (χ0) is 21.8. The van der Waals surface area contributed by atoms with E-state index >= 15 is 0 Å². The molecule has 1 saturated heterocycles. The monoisotopic (exact) mass is 442 g/mol. The van der Waals surface area contributed by atoms with Gasteiger partial charge in [0.25, 0.3) is 0 Å².